The van der Waals surface area contributed by atoms with E-state index in [1.54, 1.807) is 0 Å². The second-order valence-electron chi connectivity index (χ2n) is 5.22. The van der Waals surface area contributed by atoms with Crippen LogP contribution in [0.15, 0.2) is 18.3 Å². The Morgan fingerprint density at radius 3 is 2.59 bits per heavy atom. The number of hydrogen-bond donors (Lipinski definition) is 2. The molecule has 0 aliphatic carbocycles. The highest BCUT2D eigenvalue weighted by Crippen LogP contribution is 2.21. The lowest BCUT2D eigenvalue weighted by atomic mass is 9.90. The van der Waals surface area contributed by atoms with Gasteiger partial charge in [0.15, 0.2) is 0 Å². The summed E-state index contributed by atoms with van der Waals surface area (Å²) in [6.45, 7) is 3.64. The highest BCUT2D eigenvalue weighted by molar-refractivity contribution is 5.40. The molecule has 3 rings (SSSR count). The number of anilines is 1. The molecule has 1 aromatic heterocycles. The molecule has 2 aliphatic rings. The lowest BCUT2D eigenvalue weighted by Gasteiger charge is -2.37. The highest BCUT2D eigenvalue weighted by atomic mass is 16.3. The predicted octanol–water partition coefficient (Wildman–Crippen LogP) is 0.559. The molecule has 0 bridgehead atoms. The molecule has 3 heterocycles. The summed E-state index contributed by atoms with van der Waals surface area (Å²) >= 11 is 0. The Kier molecular flexibility index (Phi) is 2.76. The number of pyridine rings is 1. The van der Waals surface area contributed by atoms with E-state index in [1.807, 2.05) is 6.20 Å². The summed E-state index contributed by atoms with van der Waals surface area (Å²) in [5.74, 6) is 1.07. The second kappa shape index (κ2) is 4.27. The number of nitrogens with one attached hydrogen (secondary N) is 1. The minimum Gasteiger partial charge on any atom is -0.387 e. The van der Waals surface area contributed by atoms with Gasteiger partial charge in [0.25, 0.3) is 0 Å². The van der Waals surface area contributed by atoms with Crippen LogP contribution in [0.4, 0.5) is 5.82 Å². The Labute approximate surface area is 102 Å². The molecule has 1 aromatic rings. The first-order chi connectivity index (χ1) is 8.25. The maximum absolute atomic E-state index is 10.0. The number of nitrogens with zero attached hydrogens (tertiary/aromatic N) is 2. The van der Waals surface area contributed by atoms with Crippen molar-refractivity contribution in [1.82, 2.24) is 10.3 Å². The van der Waals surface area contributed by atoms with Crippen molar-refractivity contribution in [3.05, 3.63) is 23.9 Å². The van der Waals surface area contributed by atoms with Crippen LogP contribution in [0.2, 0.25) is 0 Å². The third kappa shape index (κ3) is 2.28. The van der Waals surface area contributed by atoms with Gasteiger partial charge in [0.05, 0.1) is 5.60 Å². The van der Waals surface area contributed by atoms with Gasteiger partial charge in [-0.2, -0.15) is 0 Å². The van der Waals surface area contributed by atoms with E-state index in [4.69, 9.17) is 0 Å². The van der Waals surface area contributed by atoms with Crippen molar-refractivity contribution in [2.24, 2.45) is 0 Å². The first kappa shape index (κ1) is 11.0. The van der Waals surface area contributed by atoms with Gasteiger partial charge < -0.3 is 15.3 Å². The molecule has 2 saturated heterocycles. The molecular weight excluding hydrogens is 214 g/mol. The summed E-state index contributed by atoms with van der Waals surface area (Å²) in [4.78, 5) is 6.82. The average Bonchev–Trinajstić information content (AvgIpc) is 2.81. The lowest BCUT2D eigenvalue weighted by Crippen LogP contribution is -2.60. The van der Waals surface area contributed by atoms with Gasteiger partial charge in [-0.15, -0.1) is 0 Å². The van der Waals surface area contributed by atoms with E-state index in [0.29, 0.717) is 19.5 Å². The van der Waals surface area contributed by atoms with E-state index in [0.717, 1.165) is 24.5 Å². The molecule has 0 atom stereocenters. The van der Waals surface area contributed by atoms with Crippen LogP contribution in [-0.2, 0) is 6.42 Å². The molecule has 92 valence electrons. The zero-order chi connectivity index (χ0) is 11.7. The average molecular weight is 233 g/mol. The molecule has 17 heavy (non-hydrogen) atoms. The zero-order valence-electron chi connectivity index (χ0n) is 10.0. The van der Waals surface area contributed by atoms with Crippen LogP contribution >= 0.6 is 0 Å². The molecule has 0 saturated carbocycles. The van der Waals surface area contributed by atoms with E-state index in [1.165, 1.54) is 12.8 Å². The topological polar surface area (TPSA) is 48.4 Å². The summed E-state index contributed by atoms with van der Waals surface area (Å²) in [6, 6.07) is 4.17. The first-order valence-corrected chi connectivity index (χ1v) is 6.38. The molecule has 0 spiro atoms. The molecule has 0 aromatic carbocycles. The van der Waals surface area contributed by atoms with Gasteiger partial charge in [-0.1, -0.05) is 6.07 Å². The molecule has 2 aliphatic heterocycles. The Morgan fingerprint density at radius 2 is 2.06 bits per heavy atom. The van der Waals surface area contributed by atoms with Gasteiger partial charge >= 0.3 is 0 Å². The third-order valence-electron chi connectivity index (χ3n) is 3.68. The Morgan fingerprint density at radius 1 is 1.29 bits per heavy atom. The van der Waals surface area contributed by atoms with Crippen molar-refractivity contribution >= 4 is 5.82 Å². The van der Waals surface area contributed by atoms with Gasteiger partial charge in [-0.25, -0.2) is 4.98 Å². The zero-order valence-corrected chi connectivity index (χ0v) is 10.0. The summed E-state index contributed by atoms with van der Waals surface area (Å²) in [5, 5.41) is 13.1. The molecule has 0 unspecified atom stereocenters. The van der Waals surface area contributed by atoms with Crippen LogP contribution < -0.4 is 10.2 Å². The number of aliphatic hydroxyl groups is 1. The molecule has 4 heteroatoms. The minimum absolute atomic E-state index is 0.545. The summed E-state index contributed by atoms with van der Waals surface area (Å²) in [6.07, 6.45) is 5.15. The van der Waals surface area contributed by atoms with E-state index < -0.39 is 5.60 Å². The molecule has 0 radical (unpaired) electrons. The lowest BCUT2D eigenvalue weighted by molar-refractivity contribution is -0.00907. The SMILES string of the molecule is OC1(Cc2ccc(N3CCCC3)nc2)CNC1. The molecule has 2 N–H and O–H groups in total. The van der Waals surface area contributed by atoms with Gasteiger partial charge in [0.2, 0.25) is 0 Å². The van der Waals surface area contributed by atoms with E-state index >= 15 is 0 Å². The van der Waals surface area contributed by atoms with Crippen molar-refractivity contribution in [3.63, 3.8) is 0 Å². The standard InChI is InChI=1S/C13H19N3O/c17-13(9-14-10-13)7-11-3-4-12(15-8-11)16-5-1-2-6-16/h3-4,8,14,17H,1-2,5-7,9-10H2. The van der Waals surface area contributed by atoms with Crippen LogP contribution in [0.1, 0.15) is 18.4 Å². The van der Waals surface area contributed by atoms with Crippen LogP contribution in [-0.4, -0.2) is 41.9 Å². The van der Waals surface area contributed by atoms with Gasteiger partial charge in [-0.3, -0.25) is 0 Å². The molecule has 2 fully saturated rings. The van der Waals surface area contributed by atoms with Crippen molar-refractivity contribution in [3.8, 4) is 0 Å². The van der Waals surface area contributed by atoms with Gasteiger partial charge in [0.1, 0.15) is 5.82 Å². The van der Waals surface area contributed by atoms with Gasteiger partial charge in [-0.05, 0) is 24.5 Å². The largest absolute Gasteiger partial charge is 0.387 e. The van der Waals surface area contributed by atoms with E-state index in [2.05, 4.69) is 27.3 Å². The Balaban J connectivity index is 1.67. The number of β-amino-alcohol motifs (C(OH)–C–C–N with tert-alkyl or cyclic N) is 1. The predicted molar refractivity (Wildman–Crippen MR) is 67.2 cm³/mol. The van der Waals surface area contributed by atoms with Crippen molar-refractivity contribution in [2.45, 2.75) is 24.9 Å². The van der Waals surface area contributed by atoms with Crippen molar-refractivity contribution in [2.75, 3.05) is 31.1 Å². The van der Waals surface area contributed by atoms with E-state index in [-0.39, 0.29) is 0 Å². The fourth-order valence-electron chi connectivity index (χ4n) is 2.57. The highest BCUT2D eigenvalue weighted by Gasteiger charge is 2.34. The van der Waals surface area contributed by atoms with Crippen molar-refractivity contribution < 1.29 is 5.11 Å². The number of aromatic nitrogens is 1. The smallest absolute Gasteiger partial charge is 0.128 e. The Hall–Kier alpha value is -1.13. The van der Waals surface area contributed by atoms with Crippen molar-refractivity contribution in [1.29, 1.82) is 0 Å². The normalized spacial score (nSPS) is 22.5. The summed E-state index contributed by atoms with van der Waals surface area (Å²) < 4.78 is 0. The third-order valence-corrected chi connectivity index (χ3v) is 3.68. The van der Waals surface area contributed by atoms with Crippen LogP contribution in [0.5, 0.6) is 0 Å². The minimum atomic E-state index is -0.545. The fourth-order valence-corrected chi connectivity index (χ4v) is 2.57. The van der Waals surface area contributed by atoms with Crippen LogP contribution in [0.3, 0.4) is 0 Å². The number of hydrogen-bond acceptors (Lipinski definition) is 4. The monoisotopic (exact) mass is 233 g/mol. The van der Waals surface area contributed by atoms with Crippen LogP contribution in [0, 0.1) is 0 Å². The second-order valence-corrected chi connectivity index (χ2v) is 5.22. The molecular formula is C13H19N3O. The number of rotatable bonds is 3. The quantitative estimate of drug-likeness (QED) is 0.801. The first-order valence-electron chi connectivity index (χ1n) is 6.38. The maximum Gasteiger partial charge on any atom is 0.128 e. The fraction of sp³-hybridized carbons (Fsp3) is 0.615. The maximum atomic E-state index is 10.0. The Bertz CT molecular complexity index is 380. The summed E-state index contributed by atoms with van der Waals surface area (Å²) in [5.41, 5.74) is 0.577. The summed E-state index contributed by atoms with van der Waals surface area (Å²) in [7, 11) is 0. The molecule has 0 amide bonds. The van der Waals surface area contributed by atoms with E-state index in [9.17, 15) is 5.11 Å². The van der Waals surface area contributed by atoms with Crippen LogP contribution in [0.25, 0.3) is 0 Å². The van der Waals surface area contributed by atoms with Gasteiger partial charge in [0, 0.05) is 38.8 Å². The molecule has 4 nitrogen and oxygen atoms in total.